The van der Waals surface area contributed by atoms with Crippen LogP contribution in [-0.2, 0) is 13.1 Å². The number of amidine groups is 1. The first-order valence-electron chi connectivity index (χ1n) is 10.4. The molecule has 1 unspecified atom stereocenters. The predicted molar refractivity (Wildman–Crippen MR) is 134 cm³/mol. The summed E-state index contributed by atoms with van der Waals surface area (Å²) >= 11 is 4.68. The Balaban J connectivity index is 1.54. The molecule has 1 atom stereocenters. The maximum absolute atomic E-state index is 13.2. The number of benzene rings is 2. The number of amides is 1. The Morgan fingerprint density at radius 3 is 2.85 bits per heavy atom. The molecule has 10 heteroatoms. The van der Waals surface area contributed by atoms with Crippen molar-refractivity contribution in [1.29, 1.82) is 0 Å². The first kappa shape index (κ1) is 23.2. The van der Waals surface area contributed by atoms with E-state index in [4.69, 9.17) is 5.73 Å². The summed E-state index contributed by atoms with van der Waals surface area (Å²) in [7, 11) is 0. The molecule has 0 saturated heterocycles. The highest BCUT2D eigenvalue weighted by Gasteiger charge is 2.26. The van der Waals surface area contributed by atoms with Crippen LogP contribution in [-0.4, -0.2) is 38.8 Å². The predicted octanol–water partition coefficient (Wildman–Crippen LogP) is 3.49. The SMILES string of the molecule is Cc1cc(Nc2s[nH]c(=O)c2C(N)=NC(C)CO)ccc1C(=O)N1Cc2cccc(Br)c2C1. The minimum atomic E-state index is -0.415. The smallest absolute Gasteiger partial charge is 0.271 e. The number of hydrogen-bond donors (Lipinski definition) is 4. The number of aliphatic hydroxyl groups is 1. The minimum absolute atomic E-state index is 0.0245. The summed E-state index contributed by atoms with van der Waals surface area (Å²) in [6, 6.07) is 11.1. The van der Waals surface area contributed by atoms with Crippen LogP contribution >= 0.6 is 27.5 Å². The highest BCUT2D eigenvalue weighted by molar-refractivity contribution is 9.10. The van der Waals surface area contributed by atoms with Gasteiger partial charge in [0.15, 0.2) is 0 Å². The number of aromatic amines is 1. The van der Waals surface area contributed by atoms with E-state index < -0.39 is 6.04 Å². The first-order valence-corrected chi connectivity index (χ1v) is 12.0. The van der Waals surface area contributed by atoms with Crippen molar-refractivity contribution in [2.75, 3.05) is 11.9 Å². The maximum Gasteiger partial charge on any atom is 0.271 e. The van der Waals surface area contributed by atoms with Crippen LogP contribution in [0.2, 0.25) is 0 Å². The van der Waals surface area contributed by atoms with E-state index in [1.165, 1.54) is 0 Å². The number of aromatic nitrogens is 1. The molecule has 4 rings (SSSR count). The van der Waals surface area contributed by atoms with E-state index in [2.05, 4.69) is 30.6 Å². The van der Waals surface area contributed by atoms with Crippen molar-refractivity contribution in [2.45, 2.75) is 33.0 Å². The Morgan fingerprint density at radius 2 is 2.15 bits per heavy atom. The van der Waals surface area contributed by atoms with Crippen LogP contribution in [0.1, 0.15) is 39.5 Å². The van der Waals surface area contributed by atoms with Gasteiger partial charge in [-0.05, 0) is 66.3 Å². The van der Waals surface area contributed by atoms with Gasteiger partial charge in [-0.1, -0.05) is 28.1 Å². The van der Waals surface area contributed by atoms with Gasteiger partial charge in [0.25, 0.3) is 11.5 Å². The fraction of sp³-hybridized carbons (Fsp3) is 0.261. The number of carbonyl (C=O) groups is 1. The van der Waals surface area contributed by atoms with Crippen LogP contribution in [0.3, 0.4) is 0 Å². The molecule has 1 aliphatic heterocycles. The third kappa shape index (κ3) is 4.73. The molecular formula is C23H24BrN5O3S. The molecule has 2 heterocycles. The topological polar surface area (TPSA) is 124 Å². The molecule has 8 nitrogen and oxygen atoms in total. The molecule has 1 amide bonds. The van der Waals surface area contributed by atoms with Crippen molar-refractivity contribution in [1.82, 2.24) is 9.27 Å². The summed E-state index contributed by atoms with van der Waals surface area (Å²) < 4.78 is 3.68. The van der Waals surface area contributed by atoms with Crippen molar-refractivity contribution in [3.63, 3.8) is 0 Å². The van der Waals surface area contributed by atoms with Gasteiger partial charge >= 0.3 is 0 Å². The van der Waals surface area contributed by atoms with Crippen molar-refractivity contribution >= 4 is 49.9 Å². The zero-order chi connectivity index (χ0) is 23.7. The third-order valence-corrected chi connectivity index (χ3v) is 7.05. The molecule has 33 heavy (non-hydrogen) atoms. The Bertz CT molecular complexity index is 1300. The number of aliphatic imine (C=N–C) groups is 1. The van der Waals surface area contributed by atoms with Gasteiger partial charge in [0, 0.05) is 28.8 Å². The summed E-state index contributed by atoms with van der Waals surface area (Å²) in [6.45, 7) is 4.58. The molecule has 0 radical (unpaired) electrons. The van der Waals surface area contributed by atoms with Gasteiger partial charge in [-0.15, -0.1) is 0 Å². The van der Waals surface area contributed by atoms with Gasteiger partial charge in [-0.25, -0.2) is 0 Å². The van der Waals surface area contributed by atoms with Gasteiger partial charge in [0.05, 0.1) is 12.6 Å². The molecule has 0 spiro atoms. The number of hydrogen-bond acceptors (Lipinski definition) is 6. The number of nitrogens with two attached hydrogens (primary N) is 1. The lowest BCUT2D eigenvalue weighted by Gasteiger charge is -2.18. The van der Waals surface area contributed by atoms with Crippen LogP contribution in [0, 0.1) is 6.92 Å². The second kappa shape index (κ2) is 9.50. The summed E-state index contributed by atoms with van der Waals surface area (Å²) in [5.41, 5.74) is 10.4. The van der Waals surface area contributed by atoms with Gasteiger partial charge < -0.3 is 21.1 Å². The minimum Gasteiger partial charge on any atom is -0.394 e. The number of carbonyl (C=O) groups excluding carboxylic acids is 1. The summed E-state index contributed by atoms with van der Waals surface area (Å²) in [5, 5.41) is 12.9. The van der Waals surface area contributed by atoms with Gasteiger partial charge in [-0.2, -0.15) is 0 Å². The standard InChI is InChI=1S/C23H24BrN5O3S/c1-12-8-15(27-22-19(21(31)28-33-22)20(25)26-13(2)11-30)6-7-16(12)23(32)29-9-14-4-3-5-18(24)17(14)10-29/h3-8,13,27,30H,9-11H2,1-2H3,(H2,25,26)(H,28,31). The molecule has 1 aliphatic rings. The highest BCUT2D eigenvalue weighted by atomic mass is 79.9. The van der Waals surface area contributed by atoms with Crippen LogP contribution in [0.5, 0.6) is 0 Å². The normalized spacial score (nSPS) is 14.3. The van der Waals surface area contributed by atoms with E-state index in [0.717, 1.165) is 38.4 Å². The van der Waals surface area contributed by atoms with Crippen molar-refractivity contribution < 1.29 is 9.90 Å². The third-order valence-electron chi connectivity index (χ3n) is 5.51. The average molecular weight is 530 g/mol. The molecule has 0 fully saturated rings. The number of H-pyrrole nitrogens is 1. The zero-order valence-corrected chi connectivity index (χ0v) is 20.6. The Kier molecular flexibility index (Phi) is 6.68. The summed E-state index contributed by atoms with van der Waals surface area (Å²) in [6.07, 6.45) is 0. The largest absolute Gasteiger partial charge is 0.394 e. The molecule has 5 N–H and O–H groups in total. The molecule has 3 aromatic rings. The van der Waals surface area contributed by atoms with E-state index in [1.54, 1.807) is 19.1 Å². The molecular weight excluding hydrogens is 506 g/mol. The zero-order valence-electron chi connectivity index (χ0n) is 18.2. The lowest BCUT2D eigenvalue weighted by molar-refractivity contribution is 0.0750. The van der Waals surface area contributed by atoms with E-state index in [1.807, 2.05) is 36.1 Å². The van der Waals surface area contributed by atoms with E-state index in [9.17, 15) is 14.7 Å². The number of halogens is 1. The number of nitrogens with one attached hydrogen (secondary N) is 2. The number of fused-ring (bicyclic) bond motifs is 1. The van der Waals surface area contributed by atoms with Gasteiger partial charge in [0.1, 0.15) is 16.4 Å². The molecule has 0 aliphatic carbocycles. The average Bonchev–Trinajstić information content (AvgIpc) is 3.38. The molecule has 0 saturated carbocycles. The van der Waals surface area contributed by atoms with Crippen molar-refractivity contribution in [3.8, 4) is 0 Å². The Hall–Kier alpha value is -2.95. The fourth-order valence-corrected chi connectivity index (χ4v) is 5.07. The second-order valence-electron chi connectivity index (χ2n) is 7.98. The lowest BCUT2D eigenvalue weighted by atomic mass is 10.1. The van der Waals surface area contributed by atoms with E-state index in [0.29, 0.717) is 23.7 Å². The van der Waals surface area contributed by atoms with Gasteiger partial charge in [-0.3, -0.25) is 19.0 Å². The highest BCUT2D eigenvalue weighted by Crippen LogP contribution is 2.31. The van der Waals surface area contributed by atoms with E-state index >= 15 is 0 Å². The second-order valence-corrected chi connectivity index (χ2v) is 9.65. The van der Waals surface area contributed by atoms with Gasteiger partial charge in [0.2, 0.25) is 0 Å². The van der Waals surface area contributed by atoms with Crippen molar-refractivity contribution in [2.24, 2.45) is 10.7 Å². The fourth-order valence-electron chi connectivity index (χ4n) is 3.77. The number of aryl methyl sites for hydroxylation is 1. The molecule has 2 aromatic carbocycles. The van der Waals surface area contributed by atoms with Crippen LogP contribution in [0.4, 0.5) is 10.7 Å². The van der Waals surface area contributed by atoms with E-state index in [-0.39, 0.29) is 29.5 Å². The number of anilines is 2. The molecule has 172 valence electrons. The van der Waals surface area contributed by atoms with Crippen LogP contribution in [0.25, 0.3) is 0 Å². The monoisotopic (exact) mass is 529 g/mol. The molecule has 0 bridgehead atoms. The number of aliphatic hydroxyl groups excluding tert-OH is 1. The lowest BCUT2D eigenvalue weighted by Crippen LogP contribution is -2.26. The quantitative estimate of drug-likeness (QED) is 0.287. The summed E-state index contributed by atoms with van der Waals surface area (Å²) in [5.74, 6) is 0.0355. The first-order chi connectivity index (χ1) is 15.8. The maximum atomic E-state index is 13.2. The van der Waals surface area contributed by atoms with Crippen LogP contribution < -0.4 is 16.6 Å². The van der Waals surface area contributed by atoms with Crippen LogP contribution in [0.15, 0.2) is 50.7 Å². The Morgan fingerprint density at radius 1 is 1.36 bits per heavy atom. The summed E-state index contributed by atoms with van der Waals surface area (Å²) in [4.78, 5) is 31.4. The number of rotatable bonds is 6. The number of nitrogens with zero attached hydrogens (tertiary/aromatic N) is 2. The van der Waals surface area contributed by atoms with Crippen molar-refractivity contribution in [3.05, 3.63) is 79.0 Å². The molecule has 1 aromatic heterocycles. The Labute approximate surface area is 203 Å².